The number of carboxylic acids is 1. The summed E-state index contributed by atoms with van der Waals surface area (Å²) >= 11 is 0. The van der Waals surface area contributed by atoms with Crippen LogP contribution in [0.2, 0.25) is 0 Å². The van der Waals surface area contributed by atoms with E-state index in [1.54, 1.807) is 13.2 Å². The highest BCUT2D eigenvalue weighted by molar-refractivity contribution is 5.85. The minimum Gasteiger partial charge on any atom is -0.476 e. The number of aromatic nitrogens is 3. The fourth-order valence-electron chi connectivity index (χ4n) is 1.56. The van der Waals surface area contributed by atoms with Gasteiger partial charge in [-0.1, -0.05) is 0 Å². The van der Waals surface area contributed by atoms with Gasteiger partial charge in [0.05, 0.1) is 0 Å². The first-order valence-electron chi connectivity index (χ1n) is 5.36. The maximum atomic E-state index is 10.8. The van der Waals surface area contributed by atoms with Gasteiger partial charge in [-0.3, -0.25) is 0 Å². The predicted molar refractivity (Wildman–Crippen MR) is 64.0 cm³/mol. The third-order valence-corrected chi connectivity index (χ3v) is 2.42. The fourth-order valence-corrected chi connectivity index (χ4v) is 1.56. The molecular formula is C12H13N3O3. The zero-order valence-electron chi connectivity index (χ0n) is 10.3. The largest absolute Gasteiger partial charge is 0.476 e. The number of carbonyl (C=O) groups is 1. The summed E-state index contributed by atoms with van der Waals surface area (Å²) in [6, 6.07) is 3.31. The number of hydrogen-bond donors (Lipinski definition) is 1. The van der Waals surface area contributed by atoms with Crippen LogP contribution in [0.25, 0.3) is 0 Å². The normalized spacial score (nSPS) is 10.4. The number of ether oxygens (including phenoxy) is 1. The van der Waals surface area contributed by atoms with Gasteiger partial charge in [-0.15, -0.1) is 0 Å². The zero-order chi connectivity index (χ0) is 13.3. The predicted octanol–water partition coefficient (Wildman–Crippen LogP) is 1.92. The van der Waals surface area contributed by atoms with E-state index < -0.39 is 5.97 Å². The Kier molecular flexibility index (Phi) is 3.01. The lowest BCUT2D eigenvalue weighted by Crippen LogP contribution is -2.00. The number of aromatic carboxylic acids is 1. The molecule has 0 spiro atoms. The quantitative estimate of drug-likeness (QED) is 0.896. The average Bonchev–Trinajstić information content (AvgIpc) is 2.64. The van der Waals surface area contributed by atoms with Crippen LogP contribution >= 0.6 is 0 Å². The monoisotopic (exact) mass is 247 g/mol. The SMILES string of the molecule is Cc1cnc(Oc2cc(C(=O)O)nn2C)c(C)c1. The molecule has 0 saturated heterocycles. The highest BCUT2D eigenvalue weighted by Crippen LogP contribution is 2.23. The first-order valence-corrected chi connectivity index (χ1v) is 5.36. The lowest BCUT2D eigenvalue weighted by Gasteiger charge is -2.07. The molecular weight excluding hydrogens is 234 g/mol. The molecule has 18 heavy (non-hydrogen) atoms. The minimum absolute atomic E-state index is 0.0581. The van der Waals surface area contributed by atoms with E-state index in [2.05, 4.69) is 10.1 Å². The van der Waals surface area contributed by atoms with Crippen molar-refractivity contribution in [2.75, 3.05) is 0 Å². The summed E-state index contributed by atoms with van der Waals surface area (Å²) < 4.78 is 6.92. The Morgan fingerprint density at radius 3 is 2.67 bits per heavy atom. The molecule has 0 unspecified atom stereocenters. The molecule has 2 rings (SSSR count). The summed E-state index contributed by atoms with van der Waals surface area (Å²) in [5, 5.41) is 12.7. The number of rotatable bonds is 3. The van der Waals surface area contributed by atoms with Gasteiger partial charge in [0.15, 0.2) is 5.69 Å². The van der Waals surface area contributed by atoms with Crippen molar-refractivity contribution in [2.24, 2.45) is 7.05 Å². The van der Waals surface area contributed by atoms with E-state index in [4.69, 9.17) is 9.84 Å². The molecule has 6 nitrogen and oxygen atoms in total. The number of carboxylic acid groups (broad SMARTS) is 1. The Morgan fingerprint density at radius 1 is 1.39 bits per heavy atom. The molecule has 0 bridgehead atoms. The summed E-state index contributed by atoms with van der Waals surface area (Å²) in [4.78, 5) is 14.9. The number of hydrogen-bond acceptors (Lipinski definition) is 4. The molecule has 0 fully saturated rings. The third kappa shape index (κ3) is 2.32. The zero-order valence-corrected chi connectivity index (χ0v) is 10.3. The van der Waals surface area contributed by atoms with Crippen LogP contribution in [0, 0.1) is 13.8 Å². The van der Waals surface area contributed by atoms with Crippen molar-refractivity contribution >= 4 is 5.97 Å². The molecule has 0 aliphatic heterocycles. The minimum atomic E-state index is -1.09. The van der Waals surface area contributed by atoms with Crippen molar-refractivity contribution in [1.82, 2.24) is 14.8 Å². The van der Waals surface area contributed by atoms with Gasteiger partial charge in [0.2, 0.25) is 11.8 Å². The van der Waals surface area contributed by atoms with Crippen molar-refractivity contribution < 1.29 is 14.6 Å². The molecule has 0 saturated carbocycles. The Labute approximate surface area is 104 Å². The molecule has 0 atom stereocenters. The van der Waals surface area contributed by atoms with E-state index in [9.17, 15) is 4.79 Å². The van der Waals surface area contributed by atoms with Crippen LogP contribution in [0.5, 0.6) is 11.8 Å². The Morgan fingerprint density at radius 2 is 2.11 bits per heavy atom. The van der Waals surface area contributed by atoms with Crippen LogP contribution in [-0.2, 0) is 7.05 Å². The standard InChI is InChI=1S/C12H13N3O3/c1-7-4-8(2)11(13-6-7)18-10-5-9(12(16)17)14-15(10)3/h4-6H,1-3H3,(H,16,17). The smallest absolute Gasteiger partial charge is 0.356 e. The summed E-state index contributed by atoms with van der Waals surface area (Å²) in [6.07, 6.45) is 1.69. The maximum Gasteiger partial charge on any atom is 0.356 e. The van der Waals surface area contributed by atoms with Crippen LogP contribution in [0.15, 0.2) is 18.3 Å². The number of aryl methyl sites for hydroxylation is 3. The second-order valence-electron chi connectivity index (χ2n) is 4.03. The molecule has 0 radical (unpaired) electrons. The summed E-state index contributed by atoms with van der Waals surface area (Å²) in [5.74, 6) is -0.304. The molecule has 1 N–H and O–H groups in total. The molecule has 94 valence electrons. The van der Waals surface area contributed by atoms with Gasteiger partial charge in [0.25, 0.3) is 0 Å². The highest BCUT2D eigenvalue weighted by atomic mass is 16.5. The van der Waals surface area contributed by atoms with Crippen molar-refractivity contribution in [3.8, 4) is 11.8 Å². The van der Waals surface area contributed by atoms with E-state index in [1.807, 2.05) is 19.9 Å². The van der Waals surface area contributed by atoms with Crippen molar-refractivity contribution in [3.63, 3.8) is 0 Å². The molecule has 2 aromatic rings. The van der Waals surface area contributed by atoms with Gasteiger partial charge in [-0.25, -0.2) is 14.5 Å². The molecule has 2 heterocycles. The van der Waals surface area contributed by atoms with E-state index in [1.165, 1.54) is 10.7 Å². The second kappa shape index (κ2) is 4.48. The average molecular weight is 247 g/mol. The van der Waals surface area contributed by atoms with Crippen LogP contribution in [-0.4, -0.2) is 25.8 Å². The van der Waals surface area contributed by atoms with Crippen LogP contribution in [0.3, 0.4) is 0 Å². The number of nitrogens with zero attached hydrogens (tertiary/aromatic N) is 3. The van der Waals surface area contributed by atoms with Gasteiger partial charge >= 0.3 is 5.97 Å². The summed E-state index contributed by atoms with van der Waals surface area (Å²) in [5.41, 5.74) is 1.86. The van der Waals surface area contributed by atoms with Crippen LogP contribution in [0.4, 0.5) is 0 Å². The first kappa shape index (κ1) is 12.1. The third-order valence-electron chi connectivity index (χ3n) is 2.42. The highest BCUT2D eigenvalue weighted by Gasteiger charge is 2.13. The van der Waals surface area contributed by atoms with E-state index in [0.29, 0.717) is 11.8 Å². The molecule has 6 heteroatoms. The van der Waals surface area contributed by atoms with Gasteiger partial charge in [-0.2, -0.15) is 5.10 Å². The Balaban J connectivity index is 2.31. The number of pyridine rings is 1. The van der Waals surface area contributed by atoms with Crippen molar-refractivity contribution in [3.05, 3.63) is 35.2 Å². The molecule has 0 aromatic carbocycles. The van der Waals surface area contributed by atoms with E-state index >= 15 is 0 Å². The molecule has 0 amide bonds. The second-order valence-corrected chi connectivity index (χ2v) is 4.03. The van der Waals surface area contributed by atoms with Gasteiger partial charge in [0.1, 0.15) is 0 Å². The van der Waals surface area contributed by atoms with E-state index in [0.717, 1.165) is 11.1 Å². The molecule has 2 aromatic heterocycles. The topological polar surface area (TPSA) is 77.2 Å². The lowest BCUT2D eigenvalue weighted by atomic mass is 10.2. The van der Waals surface area contributed by atoms with Crippen molar-refractivity contribution in [2.45, 2.75) is 13.8 Å². The maximum absolute atomic E-state index is 10.8. The summed E-state index contributed by atoms with van der Waals surface area (Å²) in [6.45, 7) is 3.82. The summed E-state index contributed by atoms with van der Waals surface area (Å²) in [7, 11) is 1.62. The van der Waals surface area contributed by atoms with Crippen LogP contribution in [0.1, 0.15) is 21.6 Å². The van der Waals surface area contributed by atoms with Gasteiger partial charge in [0, 0.05) is 24.9 Å². The Hall–Kier alpha value is -2.37. The Bertz CT molecular complexity index is 605. The first-order chi connectivity index (χ1) is 8.47. The van der Waals surface area contributed by atoms with Crippen LogP contribution < -0.4 is 4.74 Å². The molecule has 0 aliphatic rings. The molecule has 0 aliphatic carbocycles. The van der Waals surface area contributed by atoms with E-state index in [-0.39, 0.29) is 5.69 Å². The van der Waals surface area contributed by atoms with Gasteiger partial charge < -0.3 is 9.84 Å². The lowest BCUT2D eigenvalue weighted by molar-refractivity contribution is 0.0689. The van der Waals surface area contributed by atoms with Gasteiger partial charge in [-0.05, 0) is 25.5 Å². The van der Waals surface area contributed by atoms with Crippen molar-refractivity contribution in [1.29, 1.82) is 0 Å². The fraction of sp³-hybridized carbons (Fsp3) is 0.250.